The van der Waals surface area contributed by atoms with Gasteiger partial charge >= 0.3 is 0 Å². The molecule has 3 aromatic rings. The highest BCUT2D eigenvalue weighted by Crippen LogP contribution is 2.28. The lowest BCUT2D eigenvalue weighted by Gasteiger charge is -2.33. The van der Waals surface area contributed by atoms with Gasteiger partial charge in [-0.3, -0.25) is 14.2 Å². The molecule has 7 heteroatoms. The van der Waals surface area contributed by atoms with E-state index < -0.39 is 0 Å². The molecule has 5 nitrogen and oxygen atoms in total. The molecular weight excluding hydrogens is 378 g/mol. The smallest absolute Gasteiger partial charge is 0.262 e. The molecule has 1 aliphatic rings. The average Bonchev–Trinajstić information content (AvgIpc) is 3.29. The first-order valence-corrected chi connectivity index (χ1v) is 11.1. The second-order valence-corrected chi connectivity index (χ2v) is 9.05. The van der Waals surface area contributed by atoms with Crippen molar-refractivity contribution in [3.05, 3.63) is 49.5 Å². The average molecular weight is 402 g/mol. The molecule has 1 amide bonds. The fourth-order valence-corrected chi connectivity index (χ4v) is 5.68. The van der Waals surface area contributed by atoms with Crippen LogP contribution in [0.15, 0.2) is 27.9 Å². The lowest BCUT2D eigenvalue weighted by molar-refractivity contribution is -0.132. The van der Waals surface area contributed by atoms with Crippen molar-refractivity contribution in [2.45, 2.75) is 45.6 Å². The van der Waals surface area contributed by atoms with E-state index in [0.29, 0.717) is 13.0 Å². The quantitative estimate of drug-likeness (QED) is 0.668. The summed E-state index contributed by atoms with van der Waals surface area (Å²) in [7, 11) is 0. The number of piperidine rings is 1. The zero-order chi connectivity index (χ0) is 19.0. The fourth-order valence-electron chi connectivity index (χ4n) is 3.94. The Hall–Kier alpha value is -1.99. The van der Waals surface area contributed by atoms with Gasteiger partial charge in [-0.05, 0) is 54.1 Å². The SMILES string of the molecule is CCc1c(C)sc2ncn(C3CCCN(C(=O)Cc4ccsc4)C3)c(=O)c12. The van der Waals surface area contributed by atoms with Crippen molar-refractivity contribution < 1.29 is 4.79 Å². The molecule has 142 valence electrons. The van der Waals surface area contributed by atoms with Gasteiger partial charge in [0, 0.05) is 18.0 Å². The number of amides is 1. The number of aromatic nitrogens is 2. The third kappa shape index (κ3) is 3.46. The number of carbonyl (C=O) groups excluding carboxylic acids is 1. The van der Waals surface area contributed by atoms with Crippen molar-refractivity contribution >= 4 is 38.8 Å². The standard InChI is InChI=1S/C20H23N3O2S2/c1-3-16-13(2)27-19-18(16)20(25)23(12-21-19)15-5-4-7-22(10-15)17(24)9-14-6-8-26-11-14/h6,8,11-12,15H,3-5,7,9-10H2,1-2H3. The number of hydrogen-bond donors (Lipinski definition) is 0. The van der Waals surface area contributed by atoms with E-state index in [2.05, 4.69) is 18.8 Å². The third-order valence-electron chi connectivity index (χ3n) is 5.37. The maximum absolute atomic E-state index is 13.2. The molecule has 0 saturated carbocycles. The first-order chi connectivity index (χ1) is 13.1. The van der Waals surface area contributed by atoms with Crippen molar-refractivity contribution in [1.82, 2.24) is 14.5 Å². The van der Waals surface area contributed by atoms with Gasteiger partial charge in [0.15, 0.2) is 0 Å². The molecule has 1 fully saturated rings. The summed E-state index contributed by atoms with van der Waals surface area (Å²) in [5.41, 5.74) is 2.22. The minimum Gasteiger partial charge on any atom is -0.340 e. The first-order valence-electron chi connectivity index (χ1n) is 9.36. The monoisotopic (exact) mass is 401 g/mol. The van der Waals surface area contributed by atoms with E-state index in [1.54, 1.807) is 33.6 Å². The number of fused-ring (bicyclic) bond motifs is 1. The van der Waals surface area contributed by atoms with E-state index in [-0.39, 0.29) is 17.5 Å². The van der Waals surface area contributed by atoms with Crippen LogP contribution in [0, 0.1) is 6.92 Å². The molecule has 0 bridgehead atoms. The summed E-state index contributed by atoms with van der Waals surface area (Å²) in [6, 6.07) is 2.00. The Balaban J connectivity index is 1.60. The molecule has 4 rings (SSSR count). The van der Waals surface area contributed by atoms with Crippen LogP contribution in [-0.4, -0.2) is 33.4 Å². The van der Waals surface area contributed by atoms with Crippen LogP contribution < -0.4 is 5.56 Å². The predicted octanol–water partition coefficient (Wildman–Crippen LogP) is 3.80. The van der Waals surface area contributed by atoms with Gasteiger partial charge in [0.25, 0.3) is 5.56 Å². The van der Waals surface area contributed by atoms with Crippen molar-refractivity contribution in [3.63, 3.8) is 0 Å². The highest BCUT2D eigenvalue weighted by molar-refractivity contribution is 7.18. The second kappa shape index (κ2) is 7.56. The lowest BCUT2D eigenvalue weighted by atomic mass is 10.0. The fraction of sp³-hybridized carbons (Fsp3) is 0.450. The van der Waals surface area contributed by atoms with E-state index in [1.807, 2.05) is 21.7 Å². The van der Waals surface area contributed by atoms with E-state index in [4.69, 9.17) is 0 Å². The summed E-state index contributed by atoms with van der Waals surface area (Å²) in [6.45, 7) is 5.49. The molecule has 1 aliphatic heterocycles. The van der Waals surface area contributed by atoms with Crippen molar-refractivity contribution in [3.8, 4) is 0 Å². The van der Waals surface area contributed by atoms with Crippen molar-refractivity contribution in [2.24, 2.45) is 0 Å². The van der Waals surface area contributed by atoms with Crippen LogP contribution in [-0.2, 0) is 17.6 Å². The normalized spacial score (nSPS) is 17.6. The van der Waals surface area contributed by atoms with Gasteiger partial charge in [0.2, 0.25) is 5.91 Å². The summed E-state index contributed by atoms with van der Waals surface area (Å²) in [4.78, 5) is 34.3. The molecule has 1 saturated heterocycles. The summed E-state index contributed by atoms with van der Waals surface area (Å²) in [6.07, 6.45) is 4.76. The van der Waals surface area contributed by atoms with Crippen LogP contribution >= 0.6 is 22.7 Å². The van der Waals surface area contributed by atoms with Crippen LogP contribution in [0.3, 0.4) is 0 Å². The number of rotatable bonds is 4. The van der Waals surface area contributed by atoms with Gasteiger partial charge in [-0.15, -0.1) is 11.3 Å². The Morgan fingerprint density at radius 3 is 3.00 bits per heavy atom. The number of thiophene rings is 2. The topological polar surface area (TPSA) is 55.2 Å². The maximum atomic E-state index is 13.2. The lowest BCUT2D eigenvalue weighted by Crippen LogP contribution is -2.43. The first kappa shape index (κ1) is 18.4. The molecule has 3 aromatic heterocycles. The van der Waals surface area contributed by atoms with Crippen LogP contribution in [0.1, 0.15) is 41.8 Å². The zero-order valence-electron chi connectivity index (χ0n) is 15.6. The maximum Gasteiger partial charge on any atom is 0.262 e. The van der Waals surface area contributed by atoms with E-state index in [9.17, 15) is 9.59 Å². The van der Waals surface area contributed by atoms with Gasteiger partial charge in [-0.1, -0.05) is 6.92 Å². The predicted molar refractivity (Wildman–Crippen MR) is 111 cm³/mol. The summed E-state index contributed by atoms with van der Waals surface area (Å²) in [5, 5.41) is 4.78. The largest absolute Gasteiger partial charge is 0.340 e. The van der Waals surface area contributed by atoms with Crippen LogP contribution in [0.25, 0.3) is 10.2 Å². The highest BCUT2D eigenvalue weighted by Gasteiger charge is 2.26. The summed E-state index contributed by atoms with van der Waals surface area (Å²) in [5.74, 6) is 0.140. The number of aryl methyl sites for hydroxylation is 2. The molecule has 0 radical (unpaired) electrons. The third-order valence-corrected chi connectivity index (χ3v) is 7.16. The number of nitrogens with zero attached hydrogens (tertiary/aromatic N) is 3. The van der Waals surface area contributed by atoms with Gasteiger partial charge in [0.05, 0.1) is 24.2 Å². The molecule has 0 aromatic carbocycles. The van der Waals surface area contributed by atoms with Crippen molar-refractivity contribution in [1.29, 1.82) is 0 Å². The molecular formula is C20H23N3O2S2. The van der Waals surface area contributed by atoms with Crippen LogP contribution in [0.5, 0.6) is 0 Å². The molecule has 0 N–H and O–H groups in total. The van der Waals surface area contributed by atoms with Gasteiger partial charge in [-0.25, -0.2) is 4.98 Å². The minimum absolute atomic E-state index is 0.000475. The molecule has 4 heterocycles. The van der Waals surface area contributed by atoms with Crippen LogP contribution in [0.4, 0.5) is 0 Å². The van der Waals surface area contributed by atoms with Gasteiger partial charge in [0.1, 0.15) is 4.83 Å². The van der Waals surface area contributed by atoms with Crippen LogP contribution in [0.2, 0.25) is 0 Å². The second-order valence-electron chi connectivity index (χ2n) is 7.07. The van der Waals surface area contributed by atoms with E-state index >= 15 is 0 Å². The molecule has 0 aliphatic carbocycles. The Kier molecular flexibility index (Phi) is 5.14. The molecule has 1 unspecified atom stereocenters. The number of hydrogen-bond acceptors (Lipinski definition) is 5. The number of carbonyl (C=O) groups is 1. The Bertz CT molecular complexity index is 1020. The number of likely N-dealkylation sites (tertiary alicyclic amines) is 1. The van der Waals surface area contributed by atoms with Crippen molar-refractivity contribution in [2.75, 3.05) is 13.1 Å². The molecule has 0 spiro atoms. The highest BCUT2D eigenvalue weighted by atomic mass is 32.1. The summed E-state index contributed by atoms with van der Waals surface area (Å²) >= 11 is 3.20. The zero-order valence-corrected chi connectivity index (χ0v) is 17.2. The van der Waals surface area contributed by atoms with Gasteiger partial charge < -0.3 is 4.90 Å². The Morgan fingerprint density at radius 1 is 1.41 bits per heavy atom. The molecule has 27 heavy (non-hydrogen) atoms. The van der Waals surface area contributed by atoms with Gasteiger partial charge in [-0.2, -0.15) is 11.3 Å². The van der Waals surface area contributed by atoms with E-state index in [1.165, 1.54) is 4.88 Å². The summed E-state index contributed by atoms with van der Waals surface area (Å²) < 4.78 is 1.76. The Labute approximate surface area is 166 Å². The Morgan fingerprint density at radius 2 is 2.26 bits per heavy atom. The minimum atomic E-state index is -0.000475. The molecule has 1 atom stereocenters. The van der Waals surface area contributed by atoms with E-state index in [0.717, 1.165) is 47.2 Å².